The molecule has 0 saturated heterocycles. The molecule has 0 saturated carbocycles. The summed E-state index contributed by atoms with van der Waals surface area (Å²) in [5, 5.41) is 0. The van der Waals surface area contributed by atoms with Crippen LogP contribution in [0.3, 0.4) is 0 Å². The van der Waals surface area contributed by atoms with E-state index in [4.69, 9.17) is 9.47 Å². The molecule has 1 aromatic heterocycles. The van der Waals surface area contributed by atoms with Gasteiger partial charge in [-0.3, -0.25) is 4.98 Å². The van der Waals surface area contributed by atoms with Crippen molar-refractivity contribution in [3.63, 3.8) is 0 Å². The van der Waals surface area contributed by atoms with Crippen LogP contribution in [0.4, 0.5) is 0 Å². The van der Waals surface area contributed by atoms with E-state index in [1.54, 1.807) is 6.20 Å². The van der Waals surface area contributed by atoms with Crippen molar-refractivity contribution >= 4 is 0 Å². The lowest BCUT2D eigenvalue weighted by atomic mass is 10.0. The Morgan fingerprint density at radius 2 is 1.89 bits per heavy atom. The lowest BCUT2D eigenvalue weighted by Gasteiger charge is -2.03. The van der Waals surface area contributed by atoms with Gasteiger partial charge in [-0.1, -0.05) is 12.1 Å². The van der Waals surface area contributed by atoms with Gasteiger partial charge in [0.1, 0.15) is 0 Å². The van der Waals surface area contributed by atoms with Crippen LogP contribution in [0.25, 0.3) is 0 Å². The van der Waals surface area contributed by atoms with Crippen LogP contribution < -0.4 is 9.47 Å². The van der Waals surface area contributed by atoms with Gasteiger partial charge >= 0.3 is 0 Å². The van der Waals surface area contributed by atoms with E-state index in [0.29, 0.717) is 6.79 Å². The van der Waals surface area contributed by atoms with Crippen molar-refractivity contribution in [2.75, 3.05) is 6.79 Å². The molecule has 0 radical (unpaired) electrons. The molecule has 1 aliphatic rings. The topological polar surface area (TPSA) is 31.4 Å². The molecule has 0 amide bonds. The van der Waals surface area contributed by atoms with Crippen LogP contribution in [0.1, 0.15) is 17.5 Å². The van der Waals surface area contributed by atoms with Crippen molar-refractivity contribution in [3.8, 4) is 11.5 Å². The zero-order valence-corrected chi connectivity index (χ0v) is 10.1. The number of fused-ring (bicyclic) bond motifs is 1. The van der Waals surface area contributed by atoms with Gasteiger partial charge in [-0.25, -0.2) is 0 Å². The SMILES string of the molecule is c1cncc(CCCc2ccc3c(c2)OCO3)c1. The summed E-state index contributed by atoms with van der Waals surface area (Å²) >= 11 is 0. The fourth-order valence-corrected chi connectivity index (χ4v) is 2.14. The summed E-state index contributed by atoms with van der Waals surface area (Å²) in [6, 6.07) is 10.3. The van der Waals surface area contributed by atoms with E-state index in [2.05, 4.69) is 23.2 Å². The fraction of sp³-hybridized carbons (Fsp3) is 0.267. The van der Waals surface area contributed by atoms with E-state index in [1.807, 2.05) is 18.3 Å². The molecule has 0 atom stereocenters. The highest BCUT2D eigenvalue weighted by atomic mass is 16.7. The minimum absolute atomic E-state index is 0.342. The van der Waals surface area contributed by atoms with E-state index < -0.39 is 0 Å². The van der Waals surface area contributed by atoms with Gasteiger partial charge in [-0.2, -0.15) is 0 Å². The average molecular weight is 241 g/mol. The largest absolute Gasteiger partial charge is 0.454 e. The van der Waals surface area contributed by atoms with Crippen LogP contribution in [0.2, 0.25) is 0 Å². The van der Waals surface area contributed by atoms with Crippen molar-refractivity contribution in [2.45, 2.75) is 19.3 Å². The molecule has 3 rings (SSSR count). The molecule has 92 valence electrons. The molecular formula is C15H15NO2. The van der Waals surface area contributed by atoms with E-state index in [-0.39, 0.29) is 0 Å². The first-order chi connectivity index (χ1) is 8.92. The molecule has 0 bridgehead atoms. The Morgan fingerprint density at radius 1 is 1.00 bits per heavy atom. The standard InChI is InChI=1S/C15H15NO2/c1(4-13-5-2-8-16-10-13)3-12-6-7-14-15(9-12)18-11-17-14/h2,5-10H,1,3-4,11H2. The van der Waals surface area contributed by atoms with Gasteiger partial charge in [0, 0.05) is 12.4 Å². The number of aromatic nitrogens is 1. The van der Waals surface area contributed by atoms with Crippen molar-refractivity contribution in [1.82, 2.24) is 4.98 Å². The van der Waals surface area contributed by atoms with Crippen molar-refractivity contribution in [1.29, 1.82) is 0 Å². The maximum atomic E-state index is 5.37. The number of pyridine rings is 1. The van der Waals surface area contributed by atoms with Crippen molar-refractivity contribution in [3.05, 3.63) is 53.9 Å². The molecule has 0 aliphatic carbocycles. The predicted octanol–water partition coefficient (Wildman–Crippen LogP) is 2.99. The second kappa shape index (κ2) is 5.08. The monoisotopic (exact) mass is 241 g/mol. The minimum atomic E-state index is 0.342. The first-order valence-electron chi connectivity index (χ1n) is 6.19. The molecule has 0 N–H and O–H groups in total. The normalized spacial score (nSPS) is 12.7. The van der Waals surface area contributed by atoms with Crippen LogP contribution in [0.5, 0.6) is 11.5 Å². The predicted molar refractivity (Wildman–Crippen MR) is 68.8 cm³/mol. The van der Waals surface area contributed by atoms with Crippen LogP contribution in [-0.4, -0.2) is 11.8 Å². The third-order valence-electron chi connectivity index (χ3n) is 3.09. The third-order valence-corrected chi connectivity index (χ3v) is 3.09. The number of hydrogen-bond acceptors (Lipinski definition) is 3. The molecular weight excluding hydrogens is 226 g/mol. The maximum absolute atomic E-state index is 5.37. The number of hydrogen-bond donors (Lipinski definition) is 0. The highest BCUT2D eigenvalue weighted by molar-refractivity contribution is 5.44. The van der Waals surface area contributed by atoms with Crippen LogP contribution in [0, 0.1) is 0 Å². The fourth-order valence-electron chi connectivity index (χ4n) is 2.14. The van der Waals surface area contributed by atoms with Crippen LogP contribution in [0.15, 0.2) is 42.7 Å². The number of aryl methyl sites for hydroxylation is 2. The summed E-state index contributed by atoms with van der Waals surface area (Å²) in [6.07, 6.45) is 6.96. The van der Waals surface area contributed by atoms with E-state index in [9.17, 15) is 0 Å². The molecule has 2 heterocycles. The lowest BCUT2D eigenvalue weighted by molar-refractivity contribution is 0.174. The molecule has 18 heavy (non-hydrogen) atoms. The summed E-state index contributed by atoms with van der Waals surface area (Å²) in [5.74, 6) is 1.72. The Bertz CT molecular complexity index is 525. The number of ether oxygens (including phenoxy) is 2. The quantitative estimate of drug-likeness (QED) is 0.824. The van der Waals surface area contributed by atoms with Crippen LogP contribution >= 0.6 is 0 Å². The minimum Gasteiger partial charge on any atom is -0.454 e. The Labute approximate surface area is 106 Å². The van der Waals surface area contributed by atoms with Crippen molar-refractivity contribution < 1.29 is 9.47 Å². The van der Waals surface area contributed by atoms with Gasteiger partial charge in [0.2, 0.25) is 6.79 Å². The second-order valence-electron chi connectivity index (χ2n) is 4.40. The molecule has 0 unspecified atom stereocenters. The number of nitrogens with zero attached hydrogens (tertiary/aromatic N) is 1. The highest BCUT2D eigenvalue weighted by Gasteiger charge is 2.12. The van der Waals surface area contributed by atoms with Gasteiger partial charge in [0.15, 0.2) is 11.5 Å². The highest BCUT2D eigenvalue weighted by Crippen LogP contribution is 2.32. The Balaban J connectivity index is 1.57. The molecule has 0 fully saturated rings. The first kappa shape index (κ1) is 11.1. The van der Waals surface area contributed by atoms with Crippen LogP contribution in [-0.2, 0) is 12.8 Å². The van der Waals surface area contributed by atoms with Gasteiger partial charge in [0.05, 0.1) is 0 Å². The lowest BCUT2D eigenvalue weighted by Crippen LogP contribution is -1.93. The van der Waals surface area contributed by atoms with Crippen molar-refractivity contribution in [2.24, 2.45) is 0 Å². The van der Waals surface area contributed by atoms with E-state index in [0.717, 1.165) is 30.8 Å². The smallest absolute Gasteiger partial charge is 0.231 e. The van der Waals surface area contributed by atoms with E-state index >= 15 is 0 Å². The van der Waals surface area contributed by atoms with Gasteiger partial charge < -0.3 is 9.47 Å². The third kappa shape index (κ3) is 2.45. The number of rotatable bonds is 4. The second-order valence-corrected chi connectivity index (χ2v) is 4.40. The molecule has 2 aromatic rings. The van der Waals surface area contributed by atoms with Gasteiger partial charge in [0.25, 0.3) is 0 Å². The zero-order valence-electron chi connectivity index (χ0n) is 10.1. The Morgan fingerprint density at radius 3 is 2.78 bits per heavy atom. The maximum Gasteiger partial charge on any atom is 0.231 e. The molecule has 3 heteroatoms. The molecule has 1 aromatic carbocycles. The Hall–Kier alpha value is -2.03. The Kier molecular flexibility index (Phi) is 3.13. The molecule has 1 aliphatic heterocycles. The summed E-state index contributed by atoms with van der Waals surface area (Å²) in [7, 11) is 0. The van der Waals surface area contributed by atoms with E-state index in [1.165, 1.54) is 11.1 Å². The zero-order chi connectivity index (χ0) is 12.2. The van der Waals surface area contributed by atoms with Gasteiger partial charge in [-0.05, 0) is 48.6 Å². The summed E-state index contributed by atoms with van der Waals surface area (Å²) < 4.78 is 10.7. The molecule has 0 spiro atoms. The molecule has 3 nitrogen and oxygen atoms in total. The summed E-state index contributed by atoms with van der Waals surface area (Å²) in [6.45, 7) is 0.342. The van der Waals surface area contributed by atoms with Gasteiger partial charge in [-0.15, -0.1) is 0 Å². The summed E-state index contributed by atoms with van der Waals surface area (Å²) in [4.78, 5) is 4.12. The number of benzene rings is 1. The summed E-state index contributed by atoms with van der Waals surface area (Å²) in [5.41, 5.74) is 2.58. The average Bonchev–Trinajstić information content (AvgIpc) is 2.87. The first-order valence-corrected chi connectivity index (χ1v) is 6.19.